The highest BCUT2D eigenvalue weighted by molar-refractivity contribution is 5.46. The maximum absolute atomic E-state index is 5.87. The third kappa shape index (κ3) is 3.45. The normalized spacial score (nSPS) is 22.1. The molecule has 1 saturated heterocycles. The molecular formula is C14H22N2O. The standard InChI is InChI=1S/C14H22N2O/c1-11-4-2-6-13(8-11)16-14(9-15)12-5-3-7-17-10-12/h2,4,6,8,12,14,16H,3,5,7,9-10,15H2,1H3. The lowest BCUT2D eigenvalue weighted by atomic mass is 9.93. The average molecular weight is 234 g/mol. The molecule has 1 aliphatic heterocycles. The largest absolute Gasteiger partial charge is 0.381 e. The van der Waals surface area contributed by atoms with Gasteiger partial charge >= 0.3 is 0 Å². The van der Waals surface area contributed by atoms with Crippen molar-refractivity contribution in [2.45, 2.75) is 25.8 Å². The van der Waals surface area contributed by atoms with Gasteiger partial charge in [-0.05, 0) is 37.5 Å². The average Bonchev–Trinajstić information content (AvgIpc) is 2.37. The van der Waals surface area contributed by atoms with Gasteiger partial charge in [-0.25, -0.2) is 0 Å². The van der Waals surface area contributed by atoms with E-state index in [4.69, 9.17) is 10.5 Å². The first kappa shape index (κ1) is 12.4. The predicted molar refractivity (Wildman–Crippen MR) is 71.2 cm³/mol. The van der Waals surface area contributed by atoms with Gasteiger partial charge in [0.15, 0.2) is 0 Å². The van der Waals surface area contributed by atoms with E-state index in [1.165, 1.54) is 12.0 Å². The van der Waals surface area contributed by atoms with E-state index in [0.717, 1.165) is 25.3 Å². The Morgan fingerprint density at radius 1 is 1.53 bits per heavy atom. The van der Waals surface area contributed by atoms with Gasteiger partial charge in [0, 0.05) is 30.8 Å². The van der Waals surface area contributed by atoms with E-state index in [0.29, 0.717) is 18.5 Å². The van der Waals surface area contributed by atoms with Crippen LogP contribution >= 0.6 is 0 Å². The number of hydrogen-bond donors (Lipinski definition) is 2. The van der Waals surface area contributed by atoms with Crippen LogP contribution in [0.3, 0.4) is 0 Å². The lowest BCUT2D eigenvalue weighted by Crippen LogP contribution is -2.40. The second kappa shape index (κ2) is 6.03. The van der Waals surface area contributed by atoms with Crippen LogP contribution in [0.5, 0.6) is 0 Å². The Balaban J connectivity index is 1.98. The molecule has 17 heavy (non-hydrogen) atoms. The lowest BCUT2D eigenvalue weighted by Gasteiger charge is -2.30. The molecule has 3 heteroatoms. The van der Waals surface area contributed by atoms with E-state index in [-0.39, 0.29) is 0 Å². The summed E-state index contributed by atoms with van der Waals surface area (Å²) in [7, 11) is 0. The van der Waals surface area contributed by atoms with Gasteiger partial charge in [-0.2, -0.15) is 0 Å². The van der Waals surface area contributed by atoms with E-state index >= 15 is 0 Å². The topological polar surface area (TPSA) is 47.3 Å². The zero-order chi connectivity index (χ0) is 12.1. The van der Waals surface area contributed by atoms with Crippen LogP contribution in [0.2, 0.25) is 0 Å². The zero-order valence-electron chi connectivity index (χ0n) is 10.5. The first-order valence-corrected chi connectivity index (χ1v) is 6.40. The maximum Gasteiger partial charge on any atom is 0.0514 e. The minimum atomic E-state index is 0.317. The summed E-state index contributed by atoms with van der Waals surface area (Å²) in [5.74, 6) is 0.536. The molecule has 2 unspecified atom stereocenters. The second-order valence-electron chi connectivity index (χ2n) is 4.83. The van der Waals surface area contributed by atoms with Gasteiger partial charge in [-0.3, -0.25) is 0 Å². The summed E-state index contributed by atoms with van der Waals surface area (Å²) in [6, 6.07) is 8.75. The Morgan fingerprint density at radius 2 is 2.41 bits per heavy atom. The van der Waals surface area contributed by atoms with Crippen molar-refractivity contribution in [3.8, 4) is 0 Å². The summed E-state index contributed by atoms with van der Waals surface area (Å²) >= 11 is 0. The van der Waals surface area contributed by atoms with Crippen LogP contribution in [0.4, 0.5) is 5.69 Å². The highest BCUT2D eigenvalue weighted by Crippen LogP contribution is 2.20. The van der Waals surface area contributed by atoms with Crippen LogP contribution in [-0.2, 0) is 4.74 Å². The Hall–Kier alpha value is -1.06. The summed E-state index contributed by atoms with van der Waals surface area (Å²) < 4.78 is 5.53. The summed E-state index contributed by atoms with van der Waals surface area (Å²) in [4.78, 5) is 0. The van der Waals surface area contributed by atoms with Crippen LogP contribution in [-0.4, -0.2) is 25.8 Å². The van der Waals surface area contributed by atoms with Crippen LogP contribution in [0, 0.1) is 12.8 Å². The molecule has 1 aromatic carbocycles. The molecule has 0 aromatic heterocycles. The van der Waals surface area contributed by atoms with E-state index in [1.54, 1.807) is 0 Å². The van der Waals surface area contributed by atoms with Gasteiger partial charge < -0.3 is 15.8 Å². The third-order valence-corrected chi connectivity index (χ3v) is 3.39. The lowest BCUT2D eigenvalue weighted by molar-refractivity contribution is 0.0485. The first-order chi connectivity index (χ1) is 8.29. The number of rotatable bonds is 4. The molecule has 3 N–H and O–H groups in total. The van der Waals surface area contributed by atoms with Crippen LogP contribution in [0.15, 0.2) is 24.3 Å². The Labute approximate surface area is 103 Å². The minimum absolute atomic E-state index is 0.317. The molecule has 1 aromatic rings. The highest BCUT2D eigenvalue weighted by atomic mass is 16.5. The summed E-state index contributed by atoms with van der Waals surface area (Å²) in [6.45, 7) is 4.49. The fraction of sp³-hybridized carbons (Fsp3) is 0.571. The molecule has 3 nitrogen and oxygen atoms in total. The Bertz CT molecular complexity index is 348. The quantitative estimate of drug-likeness (QED) is 0.839. The molecule has 2 atom stereocenters. The van der Waals surface area contributed by atoms with Crippen molar-refractivity contribution in [1.29, 1.82) is 0 Å². The van der Waals surface area contributed by atoms with Gasteiger partial charge in [0.2, 0.25) is 0 Å². The fourth-order valence-electron chi connectivity index (χ4n) is 2.40. The second-order valence-corrected chi connectivity index (χ2v) is 4.83. The van der Waals surface area contributed by atoms with Crippen LogP contribution in [0.1, 0.15) is 18.4 Å². The van der Waals surface area contributed by atoms with Crippen molar-refractivity contribution in [1.82, 2.24) is 0 Å². The van der Waals surface area contributed by atoms with Crippen molar-refractivity contribution in [3.05, 3.63) is 29.8 Å². The number of nitrogens with two attached hydrogens (primary N) is 1. The van der Waals surface area contributed by atoms with Gasteiger partial charge in [0.25, 0.3) is 0 Å². The third-order valence-electron chi connectivity index (χ3n) is 3.39. The minimum Gasteiger partial charge on any atom is -0.381 e. The van der Waals surface area contributed by atoms with Crippen molar-refractivity contribution in [3.63, 3.8) is 0 Å². The number of hydrogen-bond acceptors (Lipinski definition) is 3. The molecule has 0 bridgehead atoms. The summed E-state index contributed by atoms with van der Waals surface area (Å²) in [5, 5.41) is 3.53. The van der Waals surface area contributed by atoms with Crippen molar-refractivity contribution < 1.29 is 4.74 Å². The first-order valence-electron chi connectivity index (χ1n) is 6.40. The van der Waals surface area contributed by atoms with Crippen molar-refractivity contribution in [2.75, 3.05) is 25.1 Å². The monoisotopic (exact) mass is 234 g/mol. The molecule has 94 valence electrons. The van der Waals surface area contributed by atoms with E-state index in [2.05, 4.69) is 36.5 Å². The maximum atomic E-state index is 5.87. The molecule has 0 spiro atoms. The zero-order valence-corrected chi connectivity index (χ0v) is 10.5. The van der Waals surface area contributed by atoms with Gasteiger partial charge in [0.1, 0.15) is 0 Å². The van der Waals surface area contributed by atoms with Crippen molar-refractivity contribution >= 4 is 5.69 Å². The number of anilines is 1. The highest BCUT2D eigenvalue weighted by Gasteiger charge is 2.22. The molecule has 0 radical (unpaired) electrons. The van der Waals surface area contributed by atoms with E-state index in [1.807, 2.05) is 0 Å². The molecule has 1 aliphatic rings. The van der Waals surface area contributed by atoms with E-state index in [9.17, 15) is 0 Å². The fourth-order valence-corrected chi connectivity index (χ4v) is 2.40. The van der Waals surface area contributed by atoms with Gasteiger partial charge in [-0.1, -0.05) is 12.1 Å². The molecular weight excluding hydrogens is 212 g/mol. The van der Waals surface area contributed by atoms with Gasteiger partial charge in [0.05, 0.1) is 6.61 Å². The summed E-state index contributed by atoms with van der Waals surface area (Å²) in [6.07, 6.45) is 2.36. The van der Waals surface area contributed by atoms with E-state index < -0.39 is 0 Å². The summed E-state index contributed by atoms with van der Waals surface area (Å²) in [5.41, 5.74) is 8.30. The number of benzene rings is 1. The van der Waals surface area contributed by atoms with Crippen LogP contribution in [0.25, 0.3) is 0 Å². The number of nitrogens with one attached hydrogen (secondary N) is 1. The molecule has 2 rings (SSSR count). The number of ether oxygens (including phenoxy) is 1. The molecule has 0 amide bonds. The molecule has 0 saturated carbocycles. The van der Waals surface area contributed by atoms with Crippen molar-refractivity contribution in [2.24, 2.45) is 11.7 Å². The predicted octanol–water partition coefficient (Wildman–Crippen LogP) is 2.16. The van der Waals surface area contributed by atoms with Crippen LogP contribution < -0.4 is 11.1 Å². The SMILES string of the molecule is Cc1cccc(NC(CN)C2CCCOC2)c1. The Morgan fingerprint density at radius 3 is 3.06 bits per heavy atom. The molecule has 1 fully saturated rings. The smallest absolute Gasteiger partial charge is 0.0514 e. The Kier molecular flexibility index (Phi) is 4.40. The molecule has 0 aliphatic carbocycles. The molecule has 1 heterocycles. The van der Waals surface area contributed by atoms with Gasteiger partial charge in [-0.15, -0.1) is 0 Å². The number of aryl methyl sites for hydroxylation is 1.